The lowest BCUT2D eigenvalue weighted by Gasteiger charge is -2.11. The number of carbonyl (C=O) groups excluding carboxylic acids is 1. The first-order chi connectivity index (χ1) is 9.72. The quantitative estimate of drug-likeness (QED) is 0.860. The standard InChI is InChI=1S/C15H17NO3S/c1-19-13-6-3-2-5-11(13)15(18)16-9-8-12(17)14-7-4-10-20-14/h2-7,10,12,17H,8-9H2,1H3,(H,16,18)/t12-/m1/s1. The van der Waals surface area contributed by atoms with Crippen LogP contribution in [-0.4, -0.2) is 24.7 Å². The first kappa shape index (κ1) is 14.6. The molecular formula is C15H17NO3S. The molecule has 0 saturated carbocycles. The topological polar surface area (TPSA) is 58.6 Å². The number of methoxy groups -OCH3 is 1. The molecule has 2 aromatic rings. The van der Waals surface area contributed by atoms with Gasteiger partial charge in [0.05, 0.1) is 18.8 Å². The summed E-state index contributed by atoms with van der Waals surface area (Å²) in [5, 5.41) is 14.6. The molecule has 106 valence electrons. The minimum Gasteiger partial charge on any atom is -0.496 e. The smallest absolute Gasteiger partial charge is 0.255 e. The highest BCUT2D eigenvalue weighted by Crippen LogP contribution is 2.21. The van der Waals surface area contributed by atoms with E-state index in [0.29, 0.717) is 24.3 Å². The maximum absolute atomic E-state index is 12.0. The van der Waals surface area contributed by atoms with E-state index in [9.17, 15) is 9.90 Å². The molecule has 0 saturated heterocycles. The zero-order chi connectivity index (χ0) is 14.4. The molecule has 0 unspecified atom stereocenters. The Hall–Kier alpha value is -1.85. The van der Waals surface area contributed by atoms with Crippen molar-refractivity contribution in [3.63, 3.8) is 0 Å². The van der Waals surface area contributed by atoms with Crippen LogP contribution in [0.4, 0.5) is 0 Å². The van der Waals surface area contributed by atoms with E-state index in [1.54, 1.807) is 18.2 Å². The van der Waals surface area contributed by atoms with Crippen molar-refractivity contribution in [1.82, 2.24) is 5.32 Å². The summed E-state index contributed by atoms with van der Waals surface area (Å²) in [6, 6.07) is 10.8. The lowest BCUT2D eigenvalue weighted by atomic mass is 10.1. The van der Waals surface area contributed by atoms with Crippen molar-refractivity contribution in [2.75, 3.05) is 13.7 Å². The van der Waals surface area contributed by atoms with E-state index in [4.69, 9.17) is 4.74 Å². The van der Waals surface area contributed by atoms with Crippen LogP contribution >= 0.6 is 11.3 Å². The van der Waals surface area contributed by atoms with Gasteiger partial charge in [0.15, 0.2) is 0 Å². The Labute approximate surface area is 122 Å². The maximum Gasteiger partial charge on any atom is 0.255 e. The second-order valence-corrected chi connectivity index (χ2v) is 5.26. The van der Waals surface area contributed by atoms with Crippen LogP contribution in [0.2, 0.25) is 0 Å². The fraction of sp³-hybridized carbons (Fsp3) is 0.267. The molecular weight excluding hydrogens is 274 g/mol. The molecule has 2 rings (SSSR count). The minimum absolute atomic E-state index is 0.194. The van der Waals surface area contributed by atoms with Crippen molar-refractivity contribution in [1.29, 1.82) is 0 Å². The van der Waals surface area contributed by atoms with Gasteiger partial charge in [-0.1, -0.05) is 18.2 Å². The molecule has 5 heteroatoms. The molecule has 0 spiro atoms. The highest BCUT2D eigenvalue weighted by atomic mass is 32.1. The number of para-hydroxylation sites is 1. The molecule has 0 bridgehead atoms. The van der Waals surface area contributed by atoms with Crippen molar-refractivity contribution < 1.29 is 14.6 Å². The molecule has 20 heavy (non-hydrogen) atoms. The number of hydrogen-bond donors (Lipinski definition) is 2. The predicted molar refractivity (Wildman–Crippen MR) is 79.2 cm³/mol. The second kappa shape index (κ2) is 7.07. The van der Waals surface area contributed by atoms with E-state index in [-0.39, 0.29) is 5.91 Å². The van der Waals surface area contributed by atoms with Crippen LogP contribution in [-0.2, 0) is 0 Å². The SMILES string of the molecule is COc1ccccc1C(=O)NCC[C@@H](O)c1cccs1. The monoisotopic (exact) mass is 291 g/mol. The van der Waals surface area contributed by atoms with Crippen LogP contribution < -0.4 is 10.1 Å². The van der Waals surface area contributed by atoms with Gasteiger partial charge >= 0.3 is 0 Å². The Kier molecular flexibility index (Phi) is 5.15. The molecule has 2 N–H and O–H groups in total. The van der Waals surface area contributed by atoms with E-state index in [1.165, 1.54) is 18.4 Å². The van der Waals surface area contributed by atoms with Crippen molar-refractivity contribution in [2.24, 2.45) is 0 Å². The van der Waals surface area contributed by atoms with Gasteiger partial charge in [0.1, 0.15) is 5.75 Å². The third-order valence-electron chi connectivity index (χ3n) is 2.93. The normalized spacial score (nSPS) is 11.9. The Morgan fingerprint density at radius 2 is 2.15 bits per heavy atom. The Morgan fingerprint density at radius 1 is 1.35 bits per heavy atom. The van der Waals surface area contributed by atoms with E-state index in [0.717, 1.165) is 4.88 Å². The van der Waals surface area contributed by atoms with Gasteiger partial charge in [0.25, 0.3) is 5.91 Å². The number of hydrogen-bond acceptors (Lipinski definition) is 4. The van der Waals surface area contributed by atoms with Crippen molar-refractivity contribution in [3.8, 4) is 5.75 Å². The number of aliphatic hydroxyl groups excluding tert-OH is 1. The minimum atomic E-state index is -0.534. The third-order valence-corrected chi connectivity index (χ3v) is 3.90. The molecule has 1 atom stereocenters. The molecule has 0 aliphatic heterocycles. The van der Waals surface area contributed by atoms with Crippen LogP contribution in [0.5, 0.6) is 5.75 Å². The summed E-state index contributed by atoms with van der Waals surface area (Å²) in [6.45, 7) is 0.413. The molecule has 0 aliphatic carbocycles. The summed E-state index contributed by atoms with van der Waals surface area (Å²) in [4.78, 5) is 12.9. The van der Waals surface area contributed by atoms with E-state index >= 15 is 0 Å². The summed E-state index contributed by atoms with van der Waals surface area (Å²) in [5.74, 6) is 0.352. The largest absolute Gasteiger partial charge is 0.496 e. The molecule has 1 heterocycles. The first-order valence-corrected chi connectivity index (χ1v) is 7.23. The molecule has 4 nitrogen and oxygen atoms in total. The lowest BCUT2D eigenvalue weighted by molar-refractivity contribution is 0.0940. The van der Waals surface area contributed by atoms with Crippen LogP contribution in [0, 0.1) is 0 Å². The Balaban J connectivity index is 1.86. The van der Waals surface area contributed by atoms with Crippen LogP contribution in [0.25, 0.3) is 0 Å². The molecule has 1 aromatic heterocycles. The number of nitrogens with one attached hydrogen (secondary N) is 1. The van der Waals surface area contributed by atoms with E-state index in [2.05, 4.69) is 5.32 Å². The molecule has 0 aliphatic rings. The highest BCUT2D eigenvalue weighted by Gasteiger charge is 2.12. The van der Waals surface area contributed by atoms with Gasteiger partial charge < -0.3 is 15.2 Å². The van der Waals surface area contributed by atoms with Crippen LogP contribution in [0.15, 0.2) is 41.8 Å². The second-order valence-electron chi connectivity index (χ2n) is 4.28. The van der Waals surface area contributed by atoms with Gasteiger partial charge in [0.2, 0.25) is 0 Å². The highest BCUT2D eigenvalue weighted by molar-refractivity contribution is 7.10. The summed E-state index contributed by atoms with van der Waals surface area (Å²) in [5.41, 5.74) is 0.501. The first-order valence-electron chi connectivity index (χ1n) is 6.35. The van der Waals surface area contributed by atoms with Gasteiger partial charge in [-0.2, -0.15) is 0 Å². The molecule has 1 aromatic carbocycles. The Bertz CT molecular complexity index is 554. The molecule has 0 fully saturated rings. The van der Waals surface area contributed by atoms with E-state index in [1.807, 2.05) is 23.6 Å². The number of benzene rings is 1. The number of carbonyl (C=O) groups is 1. The lowest BCUT2D eigenvalue weighted by Crippen LogP contribution is -2.26. The van der Waals surface area contributed by atoms with Crippen LogP contribution in [0.3, 0.4) is 0 Å². The van der Waals surface area contributed by atoms with E-state index < -0.39 is 6.10 Å². The summed E-state index contributed by atoms with van der Waals surface area (Å²) >= 11 is 1.51. The number of aliphatic hydroxyl groups is 1. The van der Waals surface area contributed by atoms with Crippen molar-refractivity contribution in [3.05, 3.63) is 52.2 Å². The maximum atomic E-state index is 12.0. The molecule has 1 amide bonds. The zero-order valence-corrected chi connectivity index (χ0v) is 12.0. The third kappa shape index (κ3) is 3.59. The fourth-order valence-electron chi connectivity index (χ4n) is 1.87. The number of rotatable bonds is 6. The van der Waals surface area contributed by atoms with Crippen molar-refractivity contribution >= 4 is 17.2 Å². The van der Waals surface area contributed by atoms with Gasteiger partial charge in [-0.05, 0) is 30.0 Å². The summed E-state index contributed by atoms with van der Waals surface area (Å²) < 4.78 is 5.14. The van der Waals surface area contributed by atoms with Crippen molar-refractivity contribution in [2.45, 2.75) is 12.5 Å². The van der Waals surface area contributed by atoms with Crippen LogP contribution in [0.1, 0.15) is 27.8 Å². The predicted octanol–water partition coefficient (Wildman–Crippen LogP) is 2.61. The fourth-order valence-corrected chi connectivity index (χ4v) is 2.62. The van der Waals surface area contributed by atoms with Gasteiger partial charge in [-0.25, -0.2) is 0 Å². The average Bonchev–Trinajstić information content (AvgIpc) is 3.01. The zero-order valence-electron chi connectivity index (χ0n) is 11.2. The van der Waals surface area contributed by atoms with Gasteiger partial charge in [-0.15, -0.1) is 11.3 Å². The number of thiophene rings is 1. The van der Waals surface area contributed by atoms with Gasteiger partial charge in [-0.3, -0.25) is 4.79 Å². The summed E-state index contributed by atoms with van der Waals surface area (Å²) in [7, 11) is 1.53. The average molecular weight is 291 g/mol. The Morgan fingerprint density at radius 3 is 2.85 bits per heavy atom. The number of ether oxygens (including phenoxy) is 1. The number of amides is 1. The summed E-state index contributed by atoms with van der Waals surface area (Å²) in [6.07, 6.45) is -0.0468. The van der Waals surface area contributed by atoms with Gasteiger partial charge in [0, 0.05) is 11.4 Å². The molecule has 0 radical (unpaired) electrons.